The Bertz CT molecular complexity index is 514. The molecule has 0 bridgehead atoms. The smallest absolute Gasteiger partial charge is 0.155 e. The zero-order valence-corrected chi connectivity index (χ0v) is 10.5. The number of imidazole rings is 1. The molecule has 4 heteroatoms. The first-order valence-corrected chi connectivity index (χ1v) is 6.54. The number of pyridine rings is 1. The summed E-state index contributed by atoms with van der Waals surface area (Å²) in [7, 11) is 0. The highest BCUT2D eigenvalue weighted by Gasteiger charge is 2.17. The quantitative estimate of drug-likeness (QED) is 0.886. The molecule has 90 valence electrons. The summed E-state index contributed by atoms with van der Waals surface area (Å²) in [4.78, 5) is 4.48. The minimum absolute atomic E-state index is 0.615. The van der Waals surface area contributed by atoms with E-state index in [1.165, 1.54) is 12.8 Å². The van der Waals surface area contributed by atoms with Gasteiger partial charge in [-0.2, -0.15) is 0 Å². The number of nitrogens with one attached hydrogen (secondary N) is 1. The summed E-state index contributed by atoms with van der Waals surface area (Å²) in [6.07, 6.45) is 5.60. The molecule has 0 amide bonds. The van der Waals surface area contributed by atoms with Crippen LogP contribution in [0.1, 0.15) is 18.7 Å². The van der Waals surface area contributed by atoms with Crippen molar-refractivity contribution in [3.8, 4) is 0 Å². The molecular weight excluding hydrogens is 234 g/mol. The normalized spacial score (nSPS) is 20.9. The Morgan fingerprint density at radius 3 is 3.24 bits per heavy atom. The van der Waals surface area contributed by atoms with Gasteiger partial charge in [-0.3, -0.25) is 0 Å². The summed E-state index contributed by atoms with van der Waals surface area (Å²) in [6.45, 7) is 2.25. The Hall–Kier alpha value is -1.06. The predicted molar refractivity (Wildman–Crippen MR) is 69.5 cm³/mol. The van der Waals surface area contributed by atoms with Crippen molar-refractivity contribution < 1.29 is 0 Å². The van der Waals surface area contributed by atoms with E-state index in [-0.39, 0.29) is 0 Å². The van der Waals surface area contributed by atoms with Gasteiger partial charge in [-0.05, 0) is 44.0 Å². The lowest BCUT2D eigenvalue weighted by molar-refractivity contribution is 0.370. The van der Waals surface area contributed by atoms with E-state index in [1.54, 1.807) is 0 Å². The summed E-state index contributed by atoms with van der Waals surface area (Å²) in [5.74, 6) is 1.77. The third kappa shape index (κ3) is 2.17. The van der Waals surface area contributed by atoms with Gasteiger partial charge in [-0.15, -0.1) is 0 Å². The number of hydrogen-bond donors (Lipinski definition) is 1. The maximum absolute atomic E-state index is 6.15. The number of halogens is 1. The number of fused-ring (bicyclic) bond motifs is 1. The molecule has 3 heterocycles. The van der Waals surface area contributed by atoms with E-state index >= 15 is 0 Å². The predicted octanol–water partition coefficient (Wildman–Crippen LogP) is 2.53. The Kier molecular flexibility index (Phi) is 3.04. The molecule has 1 saturated heterocycles. The molecule has 1 fully saturated rings. The monoisotopic (exact) mass is 249 g/mol. The van der Waals surface area contributed by atoms with Gasteiger partial charge in [-0.1, -0.05) is 17.7 Å². The summed E-state index contributed by atoms with van der Waals surface area (Å²) in [5, 5.41) is 4.06. The molecule has 1 N–H and O–H groups in total. The standard InChI is InChI=1S/C13H16ClN3/c14-13-11-5-1-2-7-17(11)12(16-13)8-10-4-3-6-15-9-10/h1-2,5,7,10,15H,3-4,6,8-9H2. The molecule has 2 aromatic heterocycles. The van der Waals surface area contributed by atoms with Crippen LogP contribution in [-0.2, 0) is 6.42 Å². The second-order valence-electron chi connectivity index (χ2n) is 4.69. The van der Waals surface area contributed by atoms with Crippen LogP contribution in [0.4, 0.5) is 0 Å². The van der Waals surface area contributed by atoms with Crippen LogP contribution in [-0.4, -0.2) is 22.5 Å². The van der Waals surface area contributed by atoms with E-state index in [4.69, 9.17) is 11.6 Å². The molecule has 0 aromatic carbocycles. The molecule has 1 aliphatic rings. The lowest BCUT2D eigenvalue weighted by atomic mass is 9.96. The third-order valence-electron chi connectivity index (χ3n) is 3.45. The topological polar surface area (TPSA) is 29.3 Å². The molecular formula is C13H16ClN3. The summed E-state index contributed by atoms with van der Waals surface area (Å²) in [5.41, 5.74) is 1.01. The van der Waals surface area contributed by atoms with Crippen molar-refractivity contribution in [3.63, 3.8) is 0 Å². The molecule has 3 nitrogen and oxygen atoms in total. The number of piperidine rings is 1. The minimum atomic E-state index is 0.615. The van der Waals surface area contributed by atoms with E-state index in [0.717, 1.165) is 30.9 Å². The number of aromatic nitrogens is 2. The maximum atomic E-state index is 6.15. The fourth-order valence-electron chi connectivity index (χ4n) is 2.56. The van der Waals surface area contributed by atoms with E-state index in [2.05, 4.69) is 14.7 Å². The van der Waals surface area contributed by atoms with Crippen LogP contribution in [0.2, 0.25) is 5.15 Å². The molecule has 1 aliphatic heterocycles. The van der Waals surface area contributed by atoms with Crippen LogP contribution in [0.15, 0.2) is 24.4 Å². The van der Waals surface area contributed by atoms with Crippen molar-refractivity contribution in [3.05, 3.63) is 35.4 Å². The van der Waals surface area contributed by atoms with Gasteiger partial charge in [0, 0.05) is 12.6 Å². The largest absolute Gasteiger partial charge is 0.316 e. The summed E-state index contributed by atoms with van der Waals surface area (Å²) >= 11 is 6.15. The van der Waals surface area contributed by atoms with Crippen molar-refractivity contribution in [1.82, 2.24) is 14.7 Å². The third-order valence-corrected chi connectivity index (χ3v) is 3.72. The van der Waals surface area contributed by atoms with Gasteiger partial charge >= 0.3 is 0 Å². The minimum Gasteiger partial charge on any atom is -0.316 e. The molecule has 17 heavy (non-hydrogen) atoms. The van der Waals surface area contributed by atoms with E-state index in [1.807, 2.05) is 24.4 Å². The van der Waals surface area contributed by atoms with Crippen LogP contribution in [0.3, 0.4) is 0 Å². The van der Waals surface area contributed by atoms with Gasteiger partial charge in [0.25, 0.3) is 0 Å². The average molecular weight is 250 g/mol. The van der Waals surface area contributed by atoms with Crippen LogP contribution in [0.5, 0.6) is 0 Å². The summed E-state index contributed by atoms with van der Waals surface area (Å²) in [6, 6.07) is 6.03. The van der Waals surface area contributed by atoms with Crippen molar-refractivity contribution in [2.45, 2.75) is 19.3 Å². The molecule has 0 radical (unpaired) electrons. The Labute approximate surface area is 106 Å². The van der Waals surface area contributed by atoms with Crippen molar-refractivity contribution in [2.24, 2.45) is 5.92 Å². The molecule has 3 rings (SSSR count). The lowest BCUT2D eigenvalue weighted by Gasteiger charge is -2.21. The van der Waals surface area contributed by atoms with Gasteiger partial charge in [0.1, 0.15) is 5.82 Å². The molecule has 1 atom stereocenters. The van der Waals surface area contributed by atoms with Gasteiger partial charge in [-0.25, -0.2) is 4.98 Å². The molecule has 0 aliphatic carbocycles. The van der Waals surface area contributed by atoms with Gasteiger partial charge in [0.2, 0.25) is 0 Å². The zero-order valence-electron chi connectivity index (χ0n) is 9.69. The lowest BCUT2D eigenvalue weighted by Crippen LogP contribution is -2.31. The second-order valence-corrected chi connectivity index (χ2v) is 5.05. The maximum Gasteiger partial charge on any atom is 0.155 e. The number of hydrogen-bond acceptors (Lipinski definition) is 2. The van der Waals surface area contributed by atoms with E-state index in [0.29, 0.717) is 11.1 Å². The highest BCUT2D eigenvalue weighted by Crippen LogP contribution is 2.21. The zero-order chi connectivity index (χ0) is 11.7. The van der Waals surface area contributed by atoms with E-state index < -0.39 is 0 Å². The Morgan fingerprint density at radius 1 is 1.47 bits per heavy atom. The number of nitrogens with zero attached hydrogens (tertiary/aromatic N) is 2. The second kappa shape index (κ2) is 4.67. The van der Waals surface area contributed by atoms with E-state index in [9.17, 15) is 0 Å². The summed E-state index contributed by atoms with van der Waals surface area (Å²) < 4.78 is 2.11. The van der Waals surface area contributed by atoms with Crippen LogP contribution >= 0.6 is 11.6 Å². The van der Waals surface area contributed by atoms with Gasteiger partial charge in [0.15, 0.2) is 5.15 Å². The highest BCUT2D eigenvalue weighted by molar-refractivity contribution is 6.32. The van der Waals surface area contributed by atoms with Crippen molar-refractivity contribution >= 4 is 17.1 Å². The van der Waals surface area contributed by atoms with Crippen LogP contribution in [0, 0.1) is 5.92 Å². The van der Waals surface area contributed by atoms with Gasteiger partial charge < -0.3 is 9.72 Å². The highest BCUT2D eigenvalue weighted by atomic mass is 35.5. The first kappa shape index (κ1) is 11.1. The first-order valence-electron chi connectivity index (χ1n) is 6.17. The number of rotatable bonds is 2. The fourth-order valence-corrected chi connectivity index (χ4v) is 2.81. The van der Waals surface area contributed by atoms with Crippen LogP contribution in [0.25, 0.3) is 5.52 Å². The van der Waals surface area contributed by atoms with Crippen LogP contribution < -0.4 is 5.32 Å². The molecule has 0 spiro atoms. The molecule has 1 unspecified atom stereocenters. The van der Waals surface area contributed by atoms with Crippen molar-refractivity contribution in [2.75, 3.05) is 13.1 Å². The molecule has 0 saturated carbocycles. The average Bonchev–Trinajstić information content (AvgIpc) is 2.69. The Morgan fingerprint density at radius 2 is 2.41 bits per heavy atom. The molecule has 2 aromatic rings. The van der Waals surface area contributed by atoms with Crippen molar-refractivity contribution in [1.29, 1.82) is 0 Å². The SMILES string of the molecule is Clc1nc(CC2CCCNC2)n2ccccc12. The van der Waals surface area contributed by atoms with Gasteiger partial charge in [0.05, 0.1) is 5.52 Å². The first-order chi connectivity index (χ1) is 8.34. The Balaban J connectivity index is 1.89. The fraction of sp³-hybridized carbons (Fsp3) is 0.462.